The highest BCUT2D eigenvalue weighted by Gasteiger charge is 2.34. The van der Waals surface area contributed by atoms with Gasteiger partial charge in [0.25, 0.3) is 5.91 Å². The van der Waals surface area contributed by atoms with Gasteiger partial charge in [-0.2, -0.15) is 0 Å². The molecule has 1 aliphatic rings. The number of hydrogen-bond acceptors (Lipinski definition) is 4. The second-order valence-corrected chi connectivity index (χ2v) is 7.27. The number of nitrogens with zero attached hydrogens (tertiary/aromatic N) is 3. The number of carbonyl (C=O) groups is 3. The Balaban J connectivity index is 2.01. The molecule has 0 saturated heterocycles. The maximum absolute atomic E-state index is 13.3. The monoisotopic (exact) mass is 416 g/mol. The first-order valence-electron chi connectivity index (χ1n) is 8.92. The average molecular weight is 417 g/mol. The zero-order chi connectivity index (χ0) is 21.3. The quantitative estimate of drug-likeness (QED) is 0.744. The smallest absolute Gasteiger partial charge is 0.328 e. The van der Waals surface area contributed by atoms with Gasteiger partial charge in [-0.15, -0.1) is 0 Å². The van der Waals surface area contributed by atoms with Crippen LogP contribution in [0.4, 0.5) is 15.3 Å². The summed E-state index contributed by atoms with van der Waals surface area (Å²) in [7, 11) is 1.31. The minimum Gasteiger partial charge on any atom is -0.508 e. The molecule has 0 bridgehead atoms. The van der Waals surface area contributed by atoms with Crippen LogP contribution in [0.5, 0.6) is 5.75 Å². The molecule has 0 aliphatic carbocycles. The number of phenols is 1. The van der Waals surface area contributed by atoms with E-state index < -0.39 is 18.1 Å². The minimum atomic E-state index is -0.858. The molecule has 0 aromatic heterocycles. The molecule has 29 heavy (non-hydrogen) atoms. The van der Waals surface area contributed by atoms with Gasteiger partial charge in [0, 0.05) is 31.9 Å². The number of hydrogen-bond donors (Lipinski definition) is 2. The van der Waals surface area contributed by atoms with Crippen LogP contribution >= 0.6 is 11.6 Å². The molecule has 0 radical (unpaired) electrons. The fourth-order valence-corrected chi connectivity index (χ4v) is 3.52. The van der Waals surface area contributed by atoms with E-state index >= 15 is 0 Å². The molecule has 2 aromatic rings. The molecule has 0 unspecified atom stereocenters. The fourth-order valence-electron chi connectivity index (χ4n) is 3.27. The minimum absolute atomic E-state index is 0.0394. The van der Waals surface area contributed by atoms with Crippen molar-refractivity contribution in [1.29, 1.82) is 0 Å². The predicted molar refractivity (Wildman–Crippen MR) is 109 cm³/mol. The molecule has 1 atom stereocenters. The van der Waals surface area contributed by atoms with Crippen LogP contribution in [0.15, 0.2) is 42.5 Å². The summed E-state index contributed by atoms with van der Waals surface area (Å²) >= 11 is 6.17. The van der Waals surface area contributed by atoms with E-state index in [0.717, 1.165) is 10.5 Å². The van der Waals surface area contributed by atoms with Gasteiger partial charge in [0.2, 0.25) is 0 Å². The highest BCUT2D eigenvalue weighted by Crippen LogP contribution is 2.31. The molecule has 9 heteroatoms. The van der Waals surface area contributed by atoms with Crippen molar-refractivity contribution in [3.05, 3.63) is 58.6 Å². The Kier molecular flexibility index (Phi) is 5.65. The first-order chi connectivity index (χ1) is 13.7. The molecule has 8 nitrogen and oxygen atoms in total. The summed E-state index contributed by atoms with van der Waals surface area (Å²) in [6.07, 6.45) is 0. The SMILES string of the molecule is C[C@@H]1CN(C(=O)c2ccc(O)cc2Cl)c2ccccc2CN1C(=O)N(C)C(N)=O. The third-order valence-corrected chi connectivity index (χ3v) is 5.21. The van der Waals surface area contributed by atoms with Crippen molar-refractivity contribution in [2.75, 3.05) is 18.5 Å². The van der Waals surface area contributed by atoms with Gasteiger partial charge < -0.3 is 20.6 Å². The van der Waals surface area contributed by atoms with Crippen LogP contribution in [0.1, 0.15) is 22.8 Å². The summed E-state index contributed by atoms with van der Waals surface area (Å²) in [5.41, 5.74) is 6.87. The Morgan fingerprint density at radius 1 is 1.21 bits per heavy atom. The number of fused-ring (bicyclic) bond motifs is 1. The lowest BCUT2D eigenvalue weighted by molar-refractivity contribution is 0.0977. The van der Waals surface area contributed by atoms with Crippen molar-refractivity contribution in [3.8, 4) is 5.75 Å². The van der Waals surface area contributed by atoms with Crippen molar-refractivity contribution in [2.24, 2.45) is 5.73 Å². The molecule has 152 valence electrons. The van der Waals surface area contributed by atoms with Gasteiger partial charge in [-0.1, -0.05) is 29.8 Å². The third-order valence-electron chi connectivity index (χ3n) is 4.89. The van der Waals surface area contributed by atoms with Crippen LogP contribution in [0, 0.1) is 0 Å². The number of amides is 5. The molecule has 3 N–H and O–H groups in total. The number of para-hydroxylation sites is 1. The topological polar surface area (TPSA) is 107 Å². The number of phenolic OH excluding ortho intramolecular Hbond substituents is 1. The number of urea groups is 2. The van der Waals surface area contributed by atoms with Gasteiger partial charge in [-0.3, -0.25) is 4.79 Å². The summed E-state index contributed by atoms with van der Waals surface area (Å²) in [6, 6.07) is 9.57. The molecule has 1 heterocycles. The van der Waals surface area contributed by atoms with Crippen LogP contribution in [0.2, 0.25) is 5.02 Å². The van der Waals surface area contributed by atoms with E-state index in [2.05, 4.69) is 0 Å². The van der Waals surface area contributed by atoms with Gasteiger partial charge in [0.05, 0.1) is 10.6 Å². The zero-order valence-corrected chi connectivity index (χ0v) is 16.8. The van der Waals surface area contributed by atoms with Gasteiger partial charge in [0.1, 0.15) is 5.75 Å². The summed E-state index contributed by atoms with van der Waals surface area (Å²) in [4.78, 5) is 41.4. The Hall–Kier alpha value is -3.26. The number of anilines is 1. The van der Waals surface area contributed by atoms with Gasteiger partial charge in [-0.05, 0) is 36.8 Å². The van der Waals surface area contributed by atoms with E-state index in [9.17, 15) is 19.5 Å². The van der Waals surface area contributed by atoms with Gasteiger partial charge >= 0.3 is 12.1 Å². The molecule has 1 aliphatic heterocycles. The molecular formula is C20H21ClN4O4. The maximum Gasteiger partial charge on any atom is 0.328 e. The lowest BCUT2D eigenvalue weighted by Crippen LogP contribution is -2.51. The molecule has 0 fully saturated rings. The van der Waals surface area contributed by atoms with Crippen molar-refractivity contribution in [1.82, 2.24) is 9.80 Å². The van der Waals surface area contributed by atoms with Crippen LogP contribution in [-0.4, -0.2) is 52.5 Å². The number of carbonyl (C=O) groups excluding carboxylic acids is 3. The third kappa shape index (κ3) is 3.97. The lowest BCUT2D eigenvalue weighted by Gasteiger charge is -2.31. The number of rotatable bonds is 1. The van der Waals surface area contributed by atoms with Crippen molar-refractivity contribution in [3.63, 3.8) is 0 Å². The van der Waals surface area contributed by atoms with Gasteiger partial charge in [0.15, 0.2) is 0 Å². The van der Waals surface area contributed by atoms with E-state index in [4.69, 9.17) is 17.3 Å². The Labute approximate surface area is 173 Å². The van der Waals surface area contributed by atoms with E-state index in [1.165, 1.54) is 30.1 Å². The molecular weight excluding hydrogens is 396 g/mol. The first kappa shape index (κ1) is 20.5. The summed E-state index contributed by atoms with van der Waals surface area (Å²) in [5.74, 6) is -0.394. The number of imide groups is 1. The van der Waals surface area contributed by atoms with E-state index in [-0.39, 0.29) is 35.3 Å². The van der Waals surface area contributed by atoms with Crippen LogP contribution in [0.3, 0.4) is 0 Å². The maximum atomic E-state index is 13.3. The van der Waals surface area contributed by atoms with Gasteiger partial charge in [-0.25, -0.2) is 14.5 Å². The first-order valence-corrected chi connectivity index (χ1v) is 9.30. The molecule has 3 rings (SSSR count). The van der Waals surface area contributed by atoms with E-state index in [1.54, 1.807) is 24.0 Å². The Morgan fingerprint density at radius 2 is 1.90 bits per heavy atom. The highest BCUT2D eigenvalue weighted by atomic mass is 35.5. The van der Waals surface area contributed by atoms with Crippen molar-refractivity contribution in [2.45, 2.75) is 19.5 Å². The predicted octanol–water partition coefficient (Wildman–Crippen LogP) is 3.03. The van der Waals surface area contributed by atoms with Crippen LogP contribution < -0.4 is 10.6 Å². The molecule has 0 saturated carbocycles. The summed E-state index contributed by atoms with van der Waals surface area (Å²) < 4.78 is 0. The Morgan fingerprint density at radius 3 is 2.55 bits per heavy atom. The van der Waals surface area contributed by atoms with Crippen LogP contribution in [-0.2, 0) is 6.54 Å². The number of halogens is 1. The zero-order valence-electron chi connectivity index (χ0n) is 16.0. The standard InChI is InChI=1S/C20H21ClN4O4/c1-12-10-25(18(27)15-8-7-14(26)9-16(15)21)17-6-4-3-5-13(17)11-24(12)20(29)23(2)19(22)28/h3-9,12,26H,10-11H2,1-2H3,(H2,22,28)/t12-/m1/s1. The number of nitrogens with two attached hydrogens (primary N) is 1. The van der Waals surface area contributed by atoms with E-state index in [0.29, 0.717) is 5.69 Å². The number of primary amides is 1. The van der Waals surface area contributed by atoms with Crippen molar-refractivity contribution >= 4 is 35.3 Å². The van der Waals surface area contributed by atoms with Crippen molar-refractivity contribution < 1.29 is 19.5 Å². The Bertz CT molecular complexity index is 981. The normalized spacial score (nSPS) is 16.0. The molecule has 2 aromatic carbocycles. The van der Waals surface area contributed by atoms with E-state index in [1.807, 2.05) is 12.1 Å². The number of aromatic hydroxyl groups is 1. The number of benzene rings is 2. The molecule has 5 amide bonds. The second kappa shape index (κ2) is 8.00. The summed E-state index contributed by atoms with van der Waals surface area (Å²) in [5, 5.41) is 9.70. The molecule has 0 spiro atoms. The average Bonchev–Trinajstić information content (AvgIpc) is 2.83. The summed E-state index contributed by atoms with van der Waals surface area (Å²) in [6.45, 7) is 2.18. The fraction of sp³-hybridized carbons (Fsp3) is 0.250. The largest absolute Gasteiger partial charge is 0.508 e. The second-order valence-electron chi connectivity index (χ2n) is 6.87. The van der Waals surface area contributed by atoms with Crippen LogP contribution in [0.25, 0.3) is 0 Å². The lowest BCUT2D eigenvalue weighted by atomic mass is 10.1. The highest BCUT2D eigenvalue weighted by molar-refractivity contribution is 6.34.